The zero-order valence-corrected chi connectivity index (χ0v) is 15.0. The van der Waals surface area contributed by atoms with Gasteiger partial charge in [0, 0.05) is 5.56 Å². The number of para-hydroxylation sites is 1. The largest absolute Gasteiger partial charge is 0.481 e. The van der Waals surface area contributed by atoms with Gasteiger partial charge in [0.05, 0.1) is 17.0 Å². The number of oxazole rings is 1. The molecule has 6 heteroatoms. The van der Waals surface area contributed by atoms with Crippen molar-refractivity contribution in [3.05, 3.63) is 59.3 Å². The highest BCUT2D eigenvalue weighted by molar-refractivity contribution is 7.13. The van der Waals surface area contributed by atoms with Gasteiger partial charge in [-0.1, -0.05) is 30.2 Å². The zero-order chi connectivity index (χ0) is 18.4. The highest BCUT2D eigenvalue weighted by Crippen LogP contribution is 2.28. The van der Waals surface area contributed by atoms with Crippen LogP contribution >= 0.6 is 11.3 Å². The highest BCUT2D eigenvalue weighted by Gasteiger charge is 2.18. The fourth-order valence-corrected chi connectivity index (χ4v) is 3.07. The van der Waals surface area contributed by atoms with Crippen LogP contribution in [0.25, 0.3) is 10.8 Å². The van der Waals surface area contributed by atoms with Crippen LogP contribution in [0.2, 0.25) is 0 Å². The fourth-order valence-electron chi connectivity index (χ4n) is 2.42. The Hall–Kier alpha value is -3.04. The fraction of sp³-hybridized carbons (Fsp3) is 0.200. The molecule has 1 unspecified atom stereocenters. The van der Waals surface area contributed by atoms with Gasteiger partial charge in [0.15, 0.2) is 0 Å². The van der Waals surface area contributed by atoms with E-state index in [2.05, 4.69) is 10.9 Å². The number of esters is 1. The number of carbonyl (C=O) groups is 1. The number of rotatable bonds is 7. The summed E-state index contributed by atoms with van der Waals surface area (Å²) in [6.45, 7) is 1.94. The lowest BCUT2D eigenvalue weighted by Gasteiger charge is -2.16. The van der Waals surface area contributed by atoms with E-state index in [1.165, 1.54) is 17.6 Å². The van der Waals surface area contributed by atoms with Crippen molar-refractivity contribution in [2.45, 2.75) is 19.4 Å². The van der Waals surface area contributed by atoms with Crippen LogP contribution < -0.4 is 4.74 Å². The molecule has 0 spiro atoms. The van der Waals surface area contributed by atoms with Gasteiger partial charge in [0.25, 0.3) is 0 Å². The van der Waals surface area contributed by atoms with E-state index in [1.54, 1.807) is 13.0 Å². The van der Waals surface area contributed by atoms with Crippen LogP contribution in [0, 0.1) is 12.3 Å². The minimum absolute atomic E-state index is 0.0343. The molecule has 0 fully saturated rings. The van der Waals surface area contributed by atoms with Crippen molar-refractivity contribution < 1.29 is 18.7 Å². The molecule has 26 heavy (non-hydrogen) atoms. The third-order valence-corrected chi connectivity index (χ3v) is 4.44. The Morgan fingerprint density at radius 1 is 1.35 bits per heavy atom. The van der Waals surface area contributed by atoms with Crippen LogP contribution in [-0.4, -0.2) is 17.6 Å². The lowest BCUT2D eigenvalue weighted by molar-refractivity contribution is -0.147. The summed E-state index contributed by atoms with van der Waals surface area (Å²) in [7, 11) is 0. The predicted molar refractivity (Wildman–Crippen MR) is 98.8 cm³/mol. The second kappa shape index (κ2) is 8.37. The molecule has 5 nitrogen and oxygen atoms in total. The van der Waals surface area contributed by atoms with E-state index in [0.29, 0.717) is 17.3 Å². The normalized spacial score (nSPS) is 11.5. The summed E-state index contributed by atoms with van der Waals surface area (Å²) in [5, 5.41) is 1.94. The third kappa shape index (κ3) is 4.32. The van der Waals surface area contributed by atoms with Crippen LogP contribution in [0.5, 0.6) is 5.75 Å². The number of nitrogens with zero attached hydrogens (tertiary/aromatic N) is 1. The van der Waals surface area contributed by atoms with Gasteiger partial charge >= 0.3 is 5.97 Å². The number of terminal acetylenes is 1. The van der Waals surface area contributed by atoms with Gasteiger partial charge in [-0.25, -0.2) is 4.98 Å². The van der Waals surface area contributed by atoms with Crippen LogP contribution in [0.15, 0.2) is 52.5 Å². The Labute approximate surface area is 155 Å². The van der Waals surface area contributed by atoms with Gasteiger partial charge in [0.2, 0.25) is 5.89 Å². The second-order valence-electron chi connectivity index (χ2n) is 5.46. The van der Waals surface area contributed by atoms with Crippen LogP contribution in [0.1, 0.15) is 24.3 Å². The maximum absolute atomic E-state index is 12.2. The first kappa shape index (κ1) is 17.8. The molecule has 132 valence electrons. The van der Waals surface area contributed by atoms with Crippen molar-refractivity contribution in [3.8, 4) is 28.9 Å². The van der Waals surface area contributed by atoms with Gasteiger partial charge in [-0.3, -0.25) is 4.79 Å². The minimum Gasteiger partial charge on any atom is -0.481 e. The van der Waals surface area contributed by atoms with Gasteiger partial charge in [-0.15, -0.1) is 17.8 Å². The summed E-state index contributed by atoms with van der Waals surface area (Å²) in [5.41, 5.74) is 1.29. The Balaban J connectivity index is 1.62. The van der Waals surface area contributed by atoms with Crippen molar-refractivity contribution in [1.29, 1.82) is 0 Å². The number of hydrogen-bond acceptors (Lipinski definition) is 6. The molecule has 2 aromatic heterocycles. The SMILES string of the molecule is C#CCOc1ccccc1C(C)OC(=O)Cc1coc(-c2cccs2)n1. The summed E-state index contributed by atoms with van der Waals surface area (Å²) in [4.78, 5) is 17.5. The standard InChI is InChI=1S/C20H17NO4S/c1-3-10-23-17-8-5-4-7-16(17)14(2)25-19(22)12-15-13-24-20(21-15)18-9-6-11-26-18/h1,4-9,11,13-14H,10,12H2,2H3. The molecule has 0 aliphatic rings. The van der Waals surface area contributed by atoms with E-state index in [-0.39, 0.29) is 13.0 Å². The maximum atomic E-state index is 12.2. The summed E-state index contributed by atoms with van der Waals surface area (Å²) in [6.07, 6.45) is 6.27. The molecule has 3 rings (SSSR count). The first-order chi connectivity index (χ1) is 12.7. The van der Waals surface area contributed by atoms with E-state index in [9.17, 15) is 4.79 Å². The molecule has 2 heterocycles. The number of aromatic nitrogens is 1. The summed E-state index contributed by atoms with van der Waals surface area (Å²) < 4.78 is 16.4. The summed E-state index contributed by atoms with van der Waals surface area (Å²) in [5.74, 6) is 3.14. The molecule has 1 atom stereocenters. The van der Waals surface area contributed by atoms with Crippen LogP contribution in [-0.2, 0) is 16.0 Å². The monoisotopic (exact) mass is 367 g/mol. The quantitative estimate of drug-likeness (QED) is 0.461. The third-order valence-electron chi connectivity index (χ3n) is 3.59. The maximum Gasteiger partial charge on any atom is 0.312 e. The number of ether oxygens (including phenoxy) is 2. The first-order valence-electron chi connectivity index (χ1n) is 8.00. The second-order valence-corrected chi connectivity index (χ2v) is 6.41. The smallest absolute Gasteiger partial charge is 0.312 e. The van der Waals surface area contributed by atoms with Crippen molar-refractivity contribution in [3.63, 3.8) is 0 Å². The molecule has 0 saturated heterocycles. The Morgan fingerprint density at radius 3 is 2.96 bits per heavy atom. The minimum atomic E-state index is -0.472. The molecule has 1 aromatic carbocycles. The number of carbonyl (C=O) groups excluding carboxylic acids is 1. The molecule has 0 amide bonds. The van der Waals surface area contributed by atoms with Crippen LogP contribution in [0.3, 0.4) is 0 Å². The van der Waals surface area contributed by atoms with Crippen LogP contribution in [0.4, 0.5) is 0 Å². The average Bonchev–Trinajstić information content (AvgIpc) is 3.31. The molecule has 0 aliphatic carbocycles. The molecule has 0 radical (unpaired) electrons. The number of hydrogen-bond donors (Lipinski definition) is 0. The number of benzene rings is 1. The molecule has 0 saturated carbocycles. The van der Waals surface area contributed by atoms with Crippen molar-refractivity contribution in [2.75, 3.05) is 6.61 Å². The van der Waals surface area contributed by atoms with Crippen molar-refractivity contribution in [2.24, 2.45) is 0 Å². The molecule has 0 aliphatic heterocycles. The molecule has 3 aromatic rings. The lowest BCUT2D eigenvalue weighted by atomic mass is 10.1. The zero-order valence-electron chi connectivity index (χ0n) is 14.2. The van der Waals surface area contributed by atoms with E-state index < -0.39 is 12.1 Å². The first-order valence-corrected chi connectivity index (χ1v) is 8.88. The lowest BCUT2D eigenvalue weighted by Crippen LogP contribution is -2.12. The van der Waals surface area contributed by atoms with Crippen molar-refractivity contribution in [1.82, 2.24) is 4.98 Å². The van der Waals surface area contributed by atoms with E-state index in [1.807, 2.05) is 35.7 Å². The van der Waals surface area contributed by atoms with Gasteiger partial charge in [0.1, 0.15) is 24.7 Å². The Bertz CT molecular complexity index is 908. The van der Waals surface area contributed by atoms with E-state index in [0.717, 1.165) is 10.4 Å². The Kier molecular flexibility index (Phi) is 5.72. The summed E-state index contributed by atoms with van der Waals surface area (Å²) >= 11 is 1.52. The predicted octanol–water partition coefficient (Wildman–Crippen LogP) is 4.26. The molecule has 0 N–H and O–H groups in total. The molecule has 0 bridgehead atoms. The summed E-state index contributed by atoms with van der Waals surface area (Å²) in [6, 6.07) is 11.2. The topological polar surface area (TPSA) is 61.6 Å². The highest BCUT2D eigenvalue weighted by atomic mass is 32.1. The molecular formula is C20H17NO4S. The van der Waals surface area contributed by atoms with E-state index in [4.69, 9.17) is 20.3 Å². The molecular weight excluding hydrogens is 350 g/mol. The van der Waals surface area contributed by atoms with Gasteiger partial charge < -0.3 is 13.9 Å². The van der Waals surface area contributed by atoms with Gasteiger partial charge in [-0.05, 0) is 24.4 Å². The Morgan fingerprint density at radius 2 is 2.19 bits per heavy atom. The van der Waals surface area contributed by atoms with E-state index >= 15 is 0 Å². The van der Waals surface area contributed by atoms with Crippen molar-refractivity contribution >= 4 is 17.3 Å². The number of thiophene rings is 1. The average molecular weight is 367 g/mol. The van der Waals surface area contributed by atoms with Gasteiger partial charge in [-0.2, -0.15) is 0 Å².